The second kappa shape index (κ2) is 7.54. The van der Waals surface area contributed by atoms with Gasteiger partial charge in [0.25, 0.3) is 5.91 Å². The first-order valence-electron chi connectivity index (χ1n) is 9.65. The van der Waals surface area contributed by atoms with E-state index in [-0.39, 0.29) is 18.6 Å². The van der Waals surface area contributed by atoms with E-state index in [1.54, 1.807) is 17.0 Å². The first kappa shape index (κ1) is 18.9. The first-order chi connectivity index (χ1) is 13.9. The summed E-state index contributed by atoms with van der Waals surface area (Å²) in [5, 5.41) is 4.43. The molecule has 3 aromatic rings. The van der Waals surface area contributed by atoms with Gasteiger partial charge in [-0.1, -0.05) is 18.2 Å². The van der Waals surface area contributed by atoms with Gasteiger partial charge in [-0.15, -0.1) is 0 Å². The van der Waals surface area contributed by atoms with Gasteiger partial charge >= 0.3 is 5.97 Å². The molecular formula is C23H23N3O3. The van der Waals surface area contributed by atoms with Crippen LogP contribution in [0.25, 0.3) is 5.69 Å². The van der Waals surface area contributed by atoms with Crippen molar-refractivity contribution in [2.24, 2.45) is 0 Å². The number of hydrogen-bond acceptors (Lipinski definition) is 4. The zero-order valence-corrected chi connectivity index (χ0v) is 16.8. The Bertz CT molecular complexity index is 1070. The lowest BCUT2D eigenvalue weighted by atomic mass is 10.1. The van der Waals surface area contributed by atoms with Crippen molar-refractivity contribution in [2.45, 2.75) is 33.2 Å². The van der Waals surface area contributed by atoms with Crippen LogP contribution in [0.2, 0.25) is 0 Å². The van der Waals surface area contributed by atoms with Crippen LogP contribution >= 0.6 is 0 Å². The lowest BCUT2D eigenvalue weighted by Crippen LogP contribution is -2.38. The van der Waals surface area contributed by atoms with Gasteiger partial charge < -0.3 is 9.64 Å². The summed E-state index contributed by atoms with van der Waals surface area (Å²) < 4.78 is 7.11. The molecule has 2 heterocycles. The van der Waals surface area contributed by atoms with Crippen molar-refractivity contribution in [1.29, 1.82) is 0 Å². The highest BCUT2D eigenvalue weighted by molar-refractivity contribution is 5.99. The molecule has 1 amide bonds. The zero-order valence-electron chi connectivity index (χ0n) is 16.8. The minimum absolute atomic E-state index is 0.0543. The SMILES string of the molecule is Cc1cc(C)n(-c2ccc(C(=O)OCC(=O)N3c4ccccc4CC3C)cc2)n1. The van der Waals surface area contributed by atoms with Gasteiger partial charge in [-0.3, -0.25) is 4.79 Å². The lowest BCUT2D eigenvalue weighted by Gasteiger charge is -2.22. The monoisotopic (exact) mass is 389 g/mol. The van der Waals surface area contributed by atoms with Crippen molar-refractivity contribution in [2.75, 3.05) is 11.5 Å². The maximum Gasteiger partial charge on any atom is 0.338 e. The molecule has 0 aliphatic carbocycles. The Kier molecular flexibility index (Phi) is 4.92. The molecule has 1 unspecified atom stereocenters. The minimum atomic E-state index is -0.515. The van der Waals surface area contributed by atoms with Crippen molar-refractivity contribution in [1.82, 2.24) is 9.78 Å². The number of carbonyl (C=O) groups excluding carboxylic acids is 2. The summed E-state index contributed by atoms with van der Waals surface area (Å²) in [6, 6.07) is 16.9. The second-order valence-corrected chi connectivity index (χ2v) is 7.41. The smallest absolute Gasteiger partial charge is 0.338 e. The molecule has 29 heavy (non-hydrogen) atoms. The predicted octanol–water partition coefficient (Wildman–Crippen LogP) is 3.62. The van der Waals surface area contributed by atoms with Crippen LogP contribution in [0.1, 0.15) is 34.2 Å². The Morgan fingerprint density at radius 1 is 1.10 bits per heavy atom. The molecule has 4 rings (SSSR count). The van der Waals surface area contributed by atoms with Crippen LogP contribution in [0.3, 0.4) is 0 Å². The number of para-hydroxylation sites is 1. The number of aromatic nitrogens is 2. The Morgan fingerprint density at radius 3 is 2.52 bits per heavy atom. The largest absolute Gasteiger partial charge is 0.452 e. The molecule has 2 aromatic carbocycles. The molecule has 6 heteroatoms. The number of nitrogens with zero attached hydrogens (tertiary/aromatic N) is 3. The van der Waals surface area contributed by atoms with Crippen molar-refractivity contribution >= 4 is 17.6 Å². The number of fused-ring (bicyclic) bond motifs is 1. The number of benzene rings is 2. The van der Waals surface area contributed by atoms with E-state index < -0.39 is 5.97 Å². The summed E-state index contributed by atoms with van der Waals surface area (Å²) in [4.78, 5) is 26.8. The summed E-state index contributed by atoms with van der Waals surface area (Å²) in [7, 11) is 0. The maximum absolute atomic E-state index is 12.7. The maximum atomic E-state index is 12.7. The topological polar surface area (TPSA) is 64.4 Å². The molecule has 0 radical (unpaired) electrons. The Morgan fingerprint density at radius 2 is 1.83 bits per heavy atom. The fourth-order valence-electron chi connectivity index (χ4n) is 3.85. The van der Waals surface area contributed by atoms with Gasteiger partial charge in [0, 0.05) is 17.4 Å². The number of rotatable bonds is 4. The zero-order chi connectivity index (χ0) is 20.5. The van der Waals surface area contributed by atoms with Gasteiger partial charge in [-0.05, 0) is 69.2 Å². The van der Waals surface area contributed by atoms with Crippen molar-refractivity contribution in [3.63, 3.8) is 0 Å². The van der Waals surface area contributed by atoms with Crippen molar-refractivity contribution in [3.8, 4) is 5.69 Å². The highest BCUT2D eigenvalue weighted by atomic mass is 16.5. The highest BCUT2D eigenvalue weighted by Crippen LogP contribution is 2.31. The van der Waals surface area contributed by atoms with Crippen LogP contribution in [0, 0.1) is 13.8 Å². The molecule has 0 fully saturated rings. The fourth-order valence-corrected chi connectivity index (χ4v) is 3.85. The fraction of sp³-hybridized carbons (Fsp3) is 0.261. The predicted molar refractivity (Wildman–Crippen MR) is 110 cm³/mol. The Balaban J connectivity index is 1.41. The van der Waals surface area contributed by atoms with E-state index in [1.807, 2.05) is 67.9 Å². The van der Waals surface area contributed by atoms with Gasteiger partial charge in [0.1, 0.15) is 0 Å². The van der Waals surface area contributed by atoms with Crippen LogP contribution in [0.15, 0.2) is 54.6 Å². The second-order valence-electron chi connectivity index (χ2n) is 7.41. The third-order valence-corrected chi connectivity index (χ3v) is 5.16. The minimum Gasteiger partial charge on any atom is -0.452 e. The molecule has 0 N–H and O–H groups in total. The van der Waals surface area contributed by atoms with E-state index in [2.05, 4.69) is 5.10 Å². The van der Waals surface area contributed by atoms with E-state index in [1.165, 1.54) is 0 Å². The number of carbonyl (C=O) groups is 2. The number of aryl methyl sites for hydroxylation is 2. The van der Waals surface area contributed by atoms with Crippen LogP contribution in [-0.2, 0) is 16.0 Å². The quantitative estimate of drug-likeness (QED) is 0.639. The summed E-state index contributed by atoms with van der Waals surface area (Å²) in [5.74, 6) is -0.728. The van der Waals surface area contributed by atoms with E-state index in [4.69, 9.17) is 4.74 Å². The van der Waals surface area contributed by atoms with E-state index >= 15 is 0 Å². The molecule has 6 nitrogen and oxygen atoms in total. The molecule has 0 bridgehead atoms. The van der Waals surface area contributed by atoms with Crippen molar-refractivity contribution < 1.29 is 14.3 Å². The standard InChI is InChI=1S/C23H23N3O3/c1-15-12-17(3)26(24-15)20-10-8-18(9-11-20)23(28)29-14-22(27)25-16(2)13-19-6-4-5-7-21(19)25/h4-12,16H,13-14H2,1-3H3. The van der Waals surface area contributed by atoms with Gasteiger partial charge in [0.05, 0.1) is 16.9 Å². The first-order valence-corrected chi connectivity index (χ1v) is 9.65. The van der Waals surface area contributed by atoms with E-state index in [0.717, 1.165) is 34.7 Å². The molecular weight excluding hydrogens is 366 g/mol. The highest BCUT2D eigenvalue weighted by Gasteiger charge is 2.31. The van der Waals surface area contributed by atoms with Crippen LogP contribution < -0.4 is 4.90 Å². The molecule has 1 aromatic heterocycles. The lowest BCUT2D eigenvalue weighted by molar-refractivity contribution is -0.122. The van der Waals surface area contributed by atoms with Gasteiger partial charge in [-0.25, -0.2) is 9.48 Å². The summed E-state index contributed by atoms with van der Waals surface area (Å²) in [5.41, 5.74) is 5.25. The normalized spacial score (nSPS) is 15.3. The molecule has 1 aliphatic rings. The number of amides is 1. The summed E-state index contributed by atoms with van der Waals surface area (Å²) in [6.07, 6.45) is 0.809. The third-order valence-electron chi connectivity index (χ3n) is 5.16. The van der Waals surface area contributed by atoms with Gasteiger partial charge in [0.15, 0.2) is 6.61 Å². The average Bonchev–Trinajstić information content (AvgIpc) is 3.23. The molecule has 1 aliphatic heterocycles. The number of ether oxygens (including phenoxy) is 1. The number of anilines is 1. The molecule has 148 valence electrons. The molecule has 0 spiro atoms. The average molecular weight is 389 g/mol. The van der Waals surface area contributed by atoms with Crippen molar-refractivity contribution in [3.05, 3.63) is 77.1 Å². The van der Waals surface area contributed by atoms with E-state index in [9.17, 15) is 9.59 Å². The molecule has 0 saturated carbocycles. The molecule has 1 atom stereocenters. The van der Waals surface area contributed by atoms with Gasteiger partial charge in [0.2, 0.25) is 0 Å². The molecule has 0 saturated heterocycles. The summed E-state index contributed by atoms with van der Waals surface area (Å²) in [6.45, 7) is 5.63. The summed E-state index contributed by atoms with van der Waals surface area (Å²) >= 11 is 0. The number of esters is 1. The Hall–Kier alpha value is -3.41. The third kappa shape index (κ3) is 3.66. The Labute approximate surface area is 169 Å². The van der Waals surface area contributed by atoms with Crippen LogP contribution in [0.5, 0.6) is 0 Å². The van der Waals surface area contributed by atoms with Crippen LogP contribution in [-0.4, -0.2) is 34.3 Å². The number of hydrogen-bond donors (Lipinski definition) is 0. The van der Waals surface area contributed by atoms with Gasteiger partial charge in [-0.2, -0.15) is 5.10 Å². The van der Waals surface area contributed by atoms with Crippen LogP contribution in [0.4, 0.5) is 5.69 Å². The van der Waals surface area contributed by atoms with E-state index in [0.29, 0.717) is 5.56 Å².